The fraction of sp³-hybridized carbons (Fsp3) is 0.0500. The third kappa shape index (κ3) is 2.67. The van der Waals surface area contributed by atoms with E-state index in [0.29, 0.717) is 11.4 Å². The molecule has 0 fully saturated rings. The standard InChI is InChI=1S/C20H17N5O/c1-26-18-7-4-14(12-24-18)17-11-15(5-6-16(17)19(21)22)25-10-8-13-3-2-9-23-20(13)25/h2-12H,1H3,(H3,21,22). The van der Waals surface area contributed by atoms with Crippen LogP contribution in [0.2, 0.25) is 0 Å². The number of pyridine rings is 2. The van der Waals surface area contributed by atoms with E-state index in [-0.39, 0.29) is 5.84 Å². The maximum atomic E-state index is 7.89. The number of ether oxygens (including phenoxy) is 1. The van der Waals surface area contributed by atoms with Crippen molar-refractivity contribution in [2.24, 2.45) is 5.73 Å². The molecule has 0 radical (unpaired) electrons. The molecule has 6 heteroatoms. The Labute approximate surface area is 150 Å². The van der Waals surface area contributed by atoms with E-state index in [0.717, 1.165) is 27.8 Å². The third-order valence-electron chi connectivity index (χ3n) is 4.28. The van der Waals surface area contributed by atoms with Crippen molar-refractivity contribution < 1.29 is 4.74 Å². The largest absolute Gasteiger partial charge is 0.481 e. The summed E-state index contributed by atoms with van der Waals surface area (Å²) in [6.45, 7) is 0. The Morgan fingerprint density at radius 1 is 1.12 bits per heavy atom. The molecule has 0 amide bonds. The van der Waals surface area contributed by atoms with Gasteiger partial charge in [0.2, 0.25) is 5.88 Å². The number of nitrogens with one attached hydrogen (secondary N) is 1. The molecule has 3 aromatic heterocycles. The number of methoxy groups -OCH3 is 1. The van der Waals surface area contributed by atoms with Crippen molar-refractivity contribution in [2.75, 3.05) is 7.11 Å². The first-order valence-electron chi connectivity index (χ1n) is 8.08. The van der Waals surface area contributed by atoms with Crippen LogP contribution in [0.4, 0.5) is 0 Å². The highest BCUT2D eigenvalue weighted by molar-refractivity contribution is 6.02. The second-order valence-electron chi connectivity index (χ2n) is 5.83. The van der Waals surface area contributed by atoms with E-state index in [1.54, 1.807) is 25.6 Å². The number of benzene rings is 1. The molecule has 0 aliphatic carbocycles. The lowest BCUT2D eigenvalue weighted by Crippen LogP contribution is -2.13. The van der Waals surface area contributed by atoms with E-state index in [1.807, 2.05) is 53.2 Å². The number of amidine groups is 1. The van der Waals surface area contributed by atoms with Crippen molar-refractivity contribution in [1.29, 1.82) is 5.41 Å². The molecular formula is C20H17N5O. The van der Waals surface area contributed by atoms with E-state index >= 15 is 0 Å². The highest BCUT2D eigenvalue weighted by Crippen LogP contribution is 2.28. The van der Waals surface area contributed by atoms with Crippen molar-refractivity contribution >= 4 is 16.9 Å². The quantitative estimate of drug-likeness (QED) is 0.439. The van der Waals surface area contributed by atoms with Crippen LogP contribution in [0.5, 0.6) is 5.88 Å². The zero-order valence-electron chi connectivity index (χ0n) is 14.2. The maximum Gasteiger partial charge on any atom is 0.212 e. The predicted molar refractivity (Wildman–Crippen MR) is 102 cm³/mol. The van der Waals surface area contributed by atoms with Crippen LogP contribution < -0.4 is 10.5 Å². The molecule has 0 saturated heterocycles. The van der Waals surface area contributed by atoms with Gasteiger partial charge in [0.05, 0.1) is 7.11 Å². The number of hydrogen-bond donors (Lipinski definition) is 2. The minimum atomic E-state index is 0.0119. The van der Waals surface area contributed by atoms with Crippen molar-refractivity contribution in [2.45, 2.75) is 0 Å². The van der Waals surface area contributed by atoms with Gasteiger partial charge < -0.3 is 15.0 Å². The zero-order valence-corrected chi connectivity index (χ0v) is 14.2. The van der Waals surface area contributed by atoms with E-state index < -0.39 is 0 Å². The zero-order chi connectivity index (χ0) is 18.1. The highest BCUT2D eigenvalue weighted by Gasteiger charge is 2.12. The molecule has 6 nitrogen and oxygen atoms in total. The summed E-state index contributed by atoms with van der Waals surface area (Å²) in [4.78, 5) is 8.73. The van der Waals surface area contributed by atoms with E-state index in [2.05, 4.69) is 9.97 Å². The van der Waals surface area contributed by atoms with Crippen LogP contribution in [0.1, 0.15) is 5.56 Å². The summed E-state index contributed by atoms with van der Waals surface area (Å²) in [5.41, 5.74) is 9.96. The van der Waals surface area contributed by atoms with Crippen LogP contribution in [0.15, 0.2) is 67.1 Å². The molecular weight excluding hydrogens is 326 g/mol. The summed E-state index contributed by atoms with van der Waals surface area (Å²) in [6, 6.07) is 15.4. The van der Waals surface area contributed by atoms with E-state index in [1.165, 1.54) is 0 Å². The smallest absolute Gasteiger partial charge is 0.212 e. The molecule has 0 spiro atoms. The Bertz CT molecular complexity index is 1100. The van der Waals surface area contributed by atoms with Crippen LogP contribution >= 0.6 is 0 Å². The topological polar surface area (TPSA) is 89.8 Å². The number of nitrogens with zero attached hydrogens (tertiary/aromatic N) is 3. The number of nitrogen functional groups attached to an aromatic ring is 1. The first-order valence-corrected chi connectivity index (χ1v) is 8.08. The summed E-state index contributed by atoms with van der Waals surface area (Å²) in [7, 11) is 1.58. The minimum Gasteiger partial charge on any atom is -0.481 e. The highest BCUT2D eigenvalue weighted by atomic mass is 16.5. The lowest BCUT2D eigenvalue weighted by atomic mass is 9.99. The molecule has 1 aromatic carbocycles. The fourth-order valence-corrected chi connectivity index (χ4v) is 2.99. The molecule has 26 heavy (non-hydrogen) atoms. The second kappa shape index (κ2) is 6.33. The molecule has 0 bridgehead atoms. The van der Waals surface area contributed by atoms with Crippen LogP contribution in [0.3, 0.4) is 0 Å². The number of fused-ring (bicyclic) bond motifs is 1. The van der Waals surface area contributed by atoms with Crippen LogP contribution in [0, 0.1) is 5.41 Å². The van der Waals surface area contributed by atoms with Gasteiger partial charge in [-0.15, -0.1) is 0 Å². The van der Waals surface area contributed by atoms with E-state index in [4.69, 9.17) is 15.9 Å². The first kappa shape index (κ1) is 15.8. The lowest BCUT2D eigenvalue weighted by Gasteiger charge is -2.12. The molecule has 3 N–H and O–H groups in total. The Kier molecular flexibility index (Phi) is 3.85. The Morgan fingerprint density at radius 3 is 2.73 bits per heavy atom. The van der Waals surface area contributed by atoms with Crippen LogP contribution in [0.25, 0.3) is 27.8 Å². The van der Waals surface area contributed by atoms with Gasteiger partial charge in [0.25, 0.3) is 0 Å². The average Bonchev–Trinajstić information content (AvgIpc) is 3.11. The molecule has 0 aliphatic rings. The number of rotatable bonds is 4. The Balaban J connectivity index is 1.89. The summed E-state index contributed by atoms with van der Waals surface area (Å²) >= 11 is 0. The molecule has 128 valence electrons. The summed E-state index contributed by atoms with van der Waals surface area (Å²) < 4.78 is 7.14. The van der Waals surface area contributed by atoms with Crippen molar-refractivity contribution in [3.8, 4) is 22.7 Å². The van der Waals surface area contributed by atoms with Gasteiger partial charge in [0, 0.05) is 46.9 Å². The molecule has 0 aliphatic heterocycles. The van der Waals surface area contributed by atoms with E-state index in [9.17, 15) is 0 Å². The van der Waals surface area contributed by atoms with Gasteiger partial charge in [-0.05, 0) is 48.0 Å². The predicted octanol–water partition coefficient (Wildman–Crippen LogP) is 3.38. The van der Waals surface area contributed by atoms with Gasteiger partial charge >= 0.3 is 0 Å². The Morgan fingerprint density at radius 2 is 2.00 bits per heavy atom. The maximum absolute atomic E-state index is 7.89. The Hall–Kier alpha value is -3.67. The summed E-state index contributed by atoms with van der Waals surface area (Å²) in [6.07, 6.45) is 5.48. The number of nitrogens with two attached hydrogens (primary N) is 1. The molecule has 0 atom stereocenters. The van der Waals surface area contributed by atoms with Crippen molar-refractivity contribution in [1.82, 2.24) is 14.5 Å². The summed E-state index contributed by atoms with van der Waals surface area (Å²) in [5.74, 6) is 0.549. The number of hydrogen-bond acceptors (Lipinski definition) is 4. The molecule has 4 aromatic rings. The lowest BCUT2D eigenvalue weighted by molar-refractivity contribution is 0.398. The van der Waals surface area contributed by atoms with Crippen molar-refractivity contribution in [3.63, 3.8) is 0 Å². The normalized spacial score (nSPS) is 10.8. The van der Waals surface area contributed by atoms with Gasteiger partial charge in [-0.2, -0.15) is 0 Å². The fourth-order valence-electron chi connectivity index (χ4n) is 2.99. The minimum absolute atomic E-state index is 0.0119. The van der Waals surface area contributed by atoms with Gasteiger partial charge in [0.1, 0.15) is 11.5 Å². The van der Waals surface area contributed by atoms with Gasteiger partial charge in [0.15, 0.2) is 0 Å². The van der Waals surface area contributed by atoms with Crippen molar-refractivity contribution in [3.05, 3.63) is 72.7 Å². The van der Waals surface area contributed by atoms with Gasteiger partial charge in [-0.1, -0.05) is 0 Å². The second-order valence-corrected chi connectivity index (χ2v) is 5.83. The van der Waals surface area contributed by atoms with Gasteiger partial charge in [-0.3, -0.25) is 5.41 Å². The summed E-state index contributed by atoms with van der Waals surface area (Å²) in [5, 5.41) is 8.96. The SMILES string of the molecule is COc1ccc(-c2cc(-n3ccc4cccnc43)ccc2C(=N)N)cn1. The molecule has 3 heterocycles. The first-order chi connectivity index (χ1) is 12.7. The van der Waals surface area contributed by atoms with Crippen LogP contribution in [-0.4, -0.2) is 27.5 Å². The van der Waals surface area contributed by atoms with Crippen LogP contribution in [-0.2, 0) is 0 Å². The monoisotopic (exact) mass is 343 g/mol. The third-order valence-corrected chi connectivity index (χ3v) is 4.28. The van der Waals surface area contributed by atoms with Gasteiger partial charge in [-0.25, -0.2) is 9.97 Å². The molecule has 4 rings (SSSR count). The average molecular weight is 343 g/mol. The molecule has 0 unspecified atom stereocenters. The number of aromatic nitrogens is 3. The molecule has 0 saturated carbocycles.